The van der Waals surface area contributed by atoms with Crippen molar-refractivity contribution in [3.05, 3.63) is 23.8 Å². The van der Waals surface area contributed by atoms with Gasteiger partial charge in [-0.2, -0.15) is 5.10 Å². The van der Waals surface area contributed by atoms with Crippen LogP contribution in [0.3, 0.4) is 0 Å². The van der Waals surface area contributed by atoms with Crippen LogP contribution in [0.25, 0.3) is 0 Å². The zero-order valence-corrected chi connectivity index (χ0v) is 11.8. The van der Waals surface area contributed by atoms with E-state index in [1.54, 1.807) is 25.3 Å². The molecule has 0 spiro atoms. The fourth-order valence-corrected chi connectivity index (χ4v) is 1.61. The Labute approximate surface area is 113 Å². The fourth-order valence-electron chi connectivity index (χ4n) is 1.61. The number of ether oxygens (including phenoxy) is 2. The van der Waals surface area contributed by atoms with Gasteiger partial charge in [-0.25, -0.2) is 5.43 Å². The van der Waals surface area contributed by atoms with E-state index in [1.165, 1.54) is 7.11 Å². The van der Waals surface area contributed by atoms with Crippen LogP contribution in [0.1, 0.15) is 37.0 Å². The highest BCUT2D eigenvalue weighted by Gasteiger charge is 2.10. The Kier molecular flexibility index (Phi) is 5.85. The van der Waals surface area contributed by atoms with Crippen LogP contribution < -0.4 is 14.9 Å². The van der Waals surface area contributed by atoms with Gasteiger partial charge in [0.15, 0.2) is 11.5 Å². The van der Waals surface area contributed by atoms with Gasteiger partial charge >= 0.3 is 0 Å². The minimum Gasteiger partial charge on any atom is -0.493 e. The molecule has 0 fully saturated rings. The number of carbonyl (C=O) groups is 1. The van der Waals surface area contributed by atoms with Crippen molar-refractivity contribution in [1.29, 1.82) is 0 Å². The first-order valence-corrected chi connectivity index (χ1v) is 6.17. The molecule has 1 rings (SSSR count). The van der Waals surface area contributed by atoms with E-state index < -0.39 is 0 Å². The minimum atomic E-state index is -0.267. The van der Waals surface area contributed by atoms with Gasteiger partial charge in [-0.15, -0.1) is 0 Å². The van der Waals surface area contributed by atoms with Crippen molar-refractivity contribution in [2.75, 3.05) is 14.2 Å². The van der Waals surface area contributed by atoms with E-state index in [4.69, 9.17) is 9.47 Å². The second-order valence-corrected chi connectivity index (χ2v) is 4.11. The largest absolute Gasteiger partial charge is 0.493 e. The van der Waals surface area contributed by atoms with Crippen LogP contribution in [0.4, 0.5) is 0 Å². The van der Waals surface area contributed by atoms with Crippen LogP contribution in [-0.2, 0) is 0 Å². The summed E-state index contributed by atoms with van der Waals surface area (Å²) in [5.41, 5.74) is 3.90. The molecular weight excluding hydrogens is 244 g/mol. The van der Waals surface area contributed by atoms with Gasteiger partial charge in [-0.3, -0.25) is 4.79 Å². The predicted molar refractivity (Wildman–Crippen MR) is 75.0 cm³/mol. The second-order valence-electron chi connectivity index (χ2n) is 4.11. The van der Waals surface area contributed by atoms with E-state index in [2.05, 4.69) is 17.5 Å². The smallest absolute Gasteiger partial charge is 0.271 e. The van der Waals surface area contributed by atoms with E-state index >= 15 is 0 Å². The van der Waals surface area contributed by atoms with Gasteiger partial charge in [0.25, 0.3) is 5.91 Å². The average molecular weight is 264 g/mol. The molecule has 0 saturated carbocycles. The summed E-state index contributed by atoms with van der Waals surface area (Å²) >= 11 is 0. The molecule has 104 valence electrons. The summed E-state index contributed by atoms with van der Waals surface area (Å²) < 4.78 is 10.3. The number of nitrogens with zero attached hydrogens (tertiary/aromatic N) is 1. The Balaban J connectivity index is 2.80. The van der Waals surface area contributed by atoms with Crippen LogP contribution in [0, 0.1) is 0 Å². The summed E-state index contributed by atoms with van der Waals surface area (Å²) in [7, 11) is 3.08. The molecule has 1 aromatic carbocycles. The van der Waals surface area contributed by atoms with Crippen molar-refractivity contribution < 1.29 is 14.3 Å². The molecule has 0 saturated heterocycles. The molecule has 0 atom stereocenters. The highest BCUT2D eigenvalue weighted by Crippen LogP contribution is 2.27. The summed E-state index contributed by atoms with van der Waals surface area (Å²) in [5.74, 6) is 0.838. The number of benzene rings is 1. The summed E-state index contributed by atoms with van der Waals surface area (Å²) in [6.07, 6.45) is 1.87. The van der Waals surface area contributed by atoms with E-state index in [0.717, 1.165) is 18.6 Å². The summed E-state index contributed by atoms with van der Waals surface area (Å²) in [5, 5.41) is 4.03. The van der Waals surface area contributed by atoms with Crippen molar-refractivity contribution >= 4 is 11.6 Å². The Morgan fingerprint density at radius 3 is 2.53 bits per heavy atom. The van der Waals surface area contributed by atoms with Gasteiger partial charge in [-0.05, 0) is 31.5 Å². The van der Waals surface area contributed by atoms with Crippen LogP contribution in [0.5, 0.6) is 11.5 Å². The molecule has 0 unspecified atom stereocenters. The number of hydrazone groups is 1. The number of amides is 1. The third-order valence-electron chi connectivity index (χ3n) is 2.61. The lowest BCUT2D eigenvalue weighted by Gasteiger charge is -2.08. The zero-order chi connectivity index (χ0) is 14.3. The first-order chi connectivity index (χ1) is 9.12. The molecule has 0 bridgehead atoms. The molecule has 0 radical (unpaired) electrons. The number of nitrogens with one attached hydrogen (secondary N) is 1. The molecule has 0 aromatic heterocycles. The molecule has 0 aliphatic rings. The molecule has 1 amide bonds. The minimum absolute atomic E-state index is 0.267. The van der Waals surface area contributed by atoms with E-state index in [0.29, 0.717) is 17.1 Å². The van der Waals surface area contributed by atoms with Crippen LogP contribution in [0.15, 0.2) is 23.3 Å². The summed E-state index contributed by atoms with van der Waals surface area (Å²) in [6.45, 7) is 3.95. The van der Waals surface area contributed by atoms with Gasteiger partial charge in [-0.1, -0.05) is 13.3 Å². The van der Waals surface area contributed by atoms with Crippen molar-refractivity contribution in [2.45, 2.75) is 26.7 Å². The standard InChI is InChI=1S/C14H20N2O3/c1-5-6-10(2)15-16-14(17)11-7-8-12(18-3)13(9-11)19-4/h7-9H,5-6H2,1-4H3,(H,16,17)/b15-10-. The third-order valence-corrected chi connectivity index (χ3v) is 2.61. The molecule has 19 heavy (non-hydrogen) atoms. The van der Waals surface area contributed by atoms with Crippen LogP contribution in [-0.4, -0.2) is 25.8 Å². The molecule has 5 heteroatoms. The normalized spacial score (nSPS) is 11.1. The molecule has 1 aromatic rings. The fraction of sp³-hybridized carbons (Fsp3) is 0.429. The lowest BCUT2D eigenvalue weighted by molar-refractivity contribution is 0.0954. The Morgan fingerprint density at radius 1 is 1.26 bits per heavy atom. The topological polar surface area (TPSA) is 59.9 Å². The zero-order valence-electron chi connectivity index (χ0n) is 11.8. The molecular formula is C14H20N2O3. The van der Waals surface area contributed by atoms with Gasteiger partial charge in [0.1, 0.15) is 0 Å². The summed E-state index contributed by atoms with van der Waals surface area (Å²) in [6, 6.07) is 4.98. The van der Waals surface area contributed by atoms with Gasteiger partial charge in [0.2, 0.25) is 0 Å². The predicted octanol–water partition coefficient (Wildman–Crippen LogP) is 2.61. The summed E-state index contributed by atoms with van der Waals surface area (Å²) in [4.78, 5) is 11.9. The van der Waals surface area contributed by atoms with Crippen molar-refractivity contribution in [1.82, 2.24) is 5.43 Å². The molecule has 0 aliphatic carbocycles. The maximum atomic E-state index is 11.9. The molecule has 1 N–H and O–H groups in total. The average Bonchev–Trinajstić information content (AvgIpc) is 2.44. The first kappa shape index (κ1) is 15.0. The van der Waals surface area contributed by atoms with Crippen molar-refractivity contribution in [3.63, 3.8) is 0 Å². The quantitative estimate of drug-likeness (QED) is 0.634. The van der Waals surface area contributed by atoms with Gasteiger partial charge in [0, 0.05) is 11.3 Å². The lowest BCUT2D eigenvalue weighted by Crippen LogP contribution is -2.19. The second kappa shape index (κ2) is 7.41. The molecule has 5 nitrogen and oxygen atoms in total. The van der Waals surface area contributed by atoms with Crippen LogP contribution in [0.2, 0.25) is 0 Å². The SMILES string of the molecule is CCC/C(C)=N\NC(=O)c1ccc(OC)c(OC)c1. The number of rotatable bonds is 6. The number of hydrogen-bond donors (Lipinski definition) is 1. The Morgan fingerprint density at radius 2 is 1.95 bits per heavy atom. The number of hydrogen-bond acceptors (Lipinski definition) is 4. The molecule has 0 heterocycles. The van der Waals surface area contributed by atoms with Crippen molar-refractivity contribution in [2.24, 2.45) is 5.10 Å². The van der Waals surface area contributed by atoms with E-state index in [1.807, 2.05) is 6.92 Å². The Hall–Kier alpha value is -2.04. The Bertz CT molecular complexity index is 470. The monoisotopic (exact) mass is 264 g/mol. The van der Waals surface area contributed by atoms with Crippen molar-refractivity contribution in [3.8, 4) is 11.5 Å². The van der Waals surface area contributed by atoms with Gasteiger partial charge < -0.3 is 9.47 Å². The van der Waals surface area contributed by atoms with Crippen LogP contribution >= 0.6 is 0 Å². The third kappa shape index (κ3) is 4.28. The lowest BCUT2D eigenvalue weighted by atomic mass is 10.2. The van der Waals surface area contributed by atoms with E-state index in [-0.39, 0.29) is 5.91 Å². The van der Waals surface area contributed by atoms with E-state index in [9.17, 15) is 4.79 Å². The molecule has 0 aliphatic heterocycles. The highest BCUT2D eigenvalue weighted by atomic mass is 16.5. The number of methoxy groups -OCH3 is 2. The number of carbonyl (C=O) groups excluding carboxylic acids is 1. The van der Waals surface area contributed by atoms with Gasteiger partial charge in [0.05, 0.1) is 14.2 Å². The highest BCUT2D eigenvalue weighted by molar-refractivity contribution is 5.95. The maximum absolute atomic E-state index is 11.9. The maximum Gasteiger partial charge on any atom is 0.271 e. The first-order valence-electron chi connectivity index (χ1n) is 6.17.